The summed E-state index contributed by atoms with van der Waals surface area (Å²) in [6, 6.07) is 11.6. The second kappa shape index (κ2) is 7.66. The van der Waals surface area contributed by atoms with Gasteiger partial charge in [-0.3, -0.25) is 4.90 Å². The van der Waals surface area contributed by atoms with E-state index < -0.39 is 0 Å². The molecule has 1 aliphatic rings. The summed E-state index contributed by atoms with van der Waals surface area (Å²) >= 11 is 0. The van der Waals surface area contributed by atoms with E-state index in [1.54, 1.807) is 0 Å². The predicted molar refractivity (Wildman–Crippen MR) is 82.5 cm³/mol. The fourth-order valence-electron chi connectivity index (χ4n) is 2.81. The minimum absolute atomic E-state index is 0.709. The third-order valence-corrected chi connectivity index (χ3v) is 4.17. The number of hydrogen-bond donors (Lipinski definition) is 0. The molecule has 1 fully saturated rings. The minimum atomic E-state index is 0.709. The molecule has 2 nitrogen and oxygen atoms in total. The van der Waals surface area contributed by atoms with E-state index in [0.717, 1.165) is 0 Å². The van der Waals surface area contributed by atoms with Crippen molar-refractivity contribution >= 4 is 0 Å². The van der Waals surface area contributed by atoms with Crippen LogP contribution >= 0.6 is 0 Å². The van der Waals surface area contributed by atoms with Gasteiger partial charge in [-0.05, 0) is 45.2 Å². The van der Waals surface area contributed by atoms with Crippen molar-refractivity contribution in [3.05, 3.63) is 35.9 Å². The summed E-state index contributed by atoms with van der Waals surface area (Å²) in [5.41, 5.74) is 1.48. The molecule has 0 unspecified atom stereocenters. The molecular formula is C17H28N2. The van der Waals surface area contributed by atoms with Gasteiger partial charge in [-0.1, -0.05) is 30.3 Å². The standard InChI is InChI=1S/C17H28N2/c1-16(2)19-14-12-18(13-15-19)11-7-6-10-17-8-4-3-5-9-17/h3-5,8-9,16H,6-7,10-15H2,1-2H3. The molecule has 1 aromatic rings. The van der Waals surface area contributed by atoms with E-state index in [4.69, 9.17) is 0 Å². The zero-order chi connectivity index (χ0) is 13.5. The summed E-state index contributed by atoms with van der Waals surface area (Å²) in [4.78, 5) is 5.21. The number of nitrogens with zero attached hydrogens (tertiary/aromatic N) is 2. The lowest BCUT2D eigenvalue weighted by Crippen LogP contribution is -2.48. The molecule has 0 saturated carbocycles. The Kier molecular flexibility index (Phi) is 5.87. The molecule has 1 heterocycles. The number of unbranched alkanes of at least 4 members (excludes halogenated alkanes) is 1. The molecule has 0 spiro atoms. The first-order valence-corrected chi connectivity index (χ1v) is 7.76. The van der Waals surface area contributed by atoms with Crippen LogP contribution in [0.4, 0.5) is 0 Å². The normalized spacial score (nSPS) is 18.1. The van der Waals surface area contributed by atoms with Crippen LogP contribution in [-0.2, 0) is 6.42 Å². The zero-order valence-corrected chi connectivity index (χ0v) is 12.5. The van der Waals surface area contributed by atoms with Crippen LogP contribution in [-0.4, -0.2) is 48.6 Å². The van der Waals surface area contributed by atoms with Gasteiger partial charge in [0.1, 0.15) is 0 Å². The van der Waals surface area contributed by atoms with E-state index in [-0.39, 0.29) is 0 Å². The van der Waals surface area contributed by atoms with Crippen LogP contribution in [0.1, 0.15) is 32.3 Å². The second-order valence-corrected chi connectivity index (χ2v) is 5.91. The summed E-state index contributed by atoms with van der Waals surface area (Å²) in [7, 11) is 0. The van der Waals surface area contributed by atoms with Crippen LogP contribution in [0.3, 0.4) is 0 Å². The van der Waals surface area contributed by atoms with Crippen LogP contribution < -0.4 is 0 Å². The Balaban J connectivity index is 1.57. The summed E-state index contributed by atoms with van der Waals surface area (Å²) < 4.78 is 0. The number of hydrogen-bond acceptors (Lipinski definition) is 2. The van der Waals surface area contributed by atoms with Gasteiger partial charge in [0.2, 0.25) is 0 Å². The quantitative estimate of drug-likeness (QED) is 0.725. The zero-order valence-electron chi connectivity index (χ0n) is 12.5. The van der Waals surface area contributed by atoms with E-state index in [0.29, 0.717) is 6.04 Å². The molecule has 2 heteroatoms. The Morgan fingerprint density at radius 1 is 0.947 bits per heavy atom. The topological polar surface area (TPSA) is 6.48 Å². The van der Waals surface area contributed by atoms with Gasteiger partial charge in [-0.25, -0.2) is 0 Å². The van der Waals surface area contributed by atoms with E-state index in [9.17, 15) is 0 Å². The van der Waals surface area contributed by atoms with Crippen molar-refractivity contribution in [3.63, 3.8) is 0 Å². The molecule has 0 aromatic heterocycles. The Bertz CT molecular complexity index is 340. The van der Waals surface area contributed by atoms with Gasteiger partial charge in [0.05, 0.1) is 0 Å². The molecule has 0 aliphatic carbocycles. The lowest BCUT2D eigenvalue weighted by Gasteiger charge is -2.36. The highest BCUT2D eigenvalue weighted by Crippen LogP contribution is 2.09. The van der Waals surface area contributed by atoms with Crippen molar-refractivity contribution in [2.75, 3.05) is 32.7 Å². The van der Waals surface area contributed by atoms with Gasteiger partial charge < -0.3 is 4.90 Å². The van der Waals surface area contributed by atoms with E-state index in [1.165, 1.54) is 57.5 Å². The SMILES string of the molecule is CC(C)N1CCN(CCCCc2ccccc2)CC1. The second-order valence-electron chi connectivity index (χ2n) is 5.91. The minimum Gasteiger partial charge on any atom is -0.301 e. The van der Waals surface area contributed by atoms with Crippen molar-refractivity contribution < 1.29 is 0 Å². The van der Waals surface area contributed by atoms with Crippen molar-refractivity contribution in [1.82, 2.24) is 9.80 Å². The molecule has 0 N–H and O–H groups in total. The van der Waals surface area contributed by atoms with Crippen LogP contribution in [0.2, 0.25) is 0 Å². The summed E-state index contributed by atoms with van der Waals surface area (Å²) in [6.07, 6.45) is 3.87. The fourth-order valence-corrected chi connectivity index (χ4v) is 2.81. The highest BCUT2D eigenvalue weighted by Gasteiger charge is 2.17. The van der Waals surface area contributed by atoms with Crippen LogP contribution in [0.5, 0.6) is 0 Å². The van der Waals surface area contributed by atoms with Gasteiger partial charge in [-0.15, -0.1) is 0 Å². The van der Waals surface area contributed by atoms with Gasteiger partial charge in [0.15, 0.2) is 0 Å². The molecule has 0 amide bonds. The van der Waals surface area contributed by atoms with Gasteiger partial charge in [-0.2, -0.15) is 0 Å². The van der Waals surface area contributed by atoms with Crippen molar-refractivity contribution in [1.29, 1.82) is 0 Å². The smallest absolute Gasteiger partial charge is 0.0113 e. The van der Waals surface area contributed by atoms with E-state index in [2.05, 4.69) is 54.0 Å². The van der Waals surface area contributed by atoms with E-state index in [1.807, 2.05) is 0 Å². The summed E-state index contributed by atoms with van der Waals surface area (Å²) in [6.45, 7) is 10.9. The van der Waals surface area contributed by atoms with Crippen molar-refractivity contribution in [2.24, 2.45) is 0 Å². The molecule has 0 bridgehead atoms. The largest absolute Gasteiger partial charge is 0.301 e. The third-order valence-electron chi connectivity index (χ3n) is 4.17. The maximum absolute atomic E-state index is 2.63. The summed E-state index contributed by atoms with van der Waals surface area (Å²) in [5, 5.41) is 0. The number of rotatable bonds is 6. The number of piperazine rings is 1. The Morgan fingerprint density at radius 3 is 2.26 bits per heavy atom. The van der Waals surface area contributed by atoms with E-state index >= 15 is 0 Å². The molecule has 106 valence electrons. The molecule has 19 heavy (non-hydrogen) atoms. The number of aryl methyl sites for hydroxylation is 1. The summed E-state index contributed by atoms with van der Waals surface area (Å²) in [5.74, 6) is 0. The van der Waals surface area contributed by atoms with Crippen LogP contribution in [0, 0.1) is 0 Å². The third kappa shape index (κ3) is 4.96. The molecule has 1 saturated heterocycles. The average molecular weight is 260 g/mol. The molecule has 1 aliphatic heterocycles. The lowest BCUT2D eigenvalue weighted by molar-refractivity contribution is 0.107. The van der Waals surface area contributed by atoms with Crippen LogP contribution in [0.25, 0.3) is 0 Å². The Hall–Kier alpha value is -0.860. The fraction of sp³-hybridized carbons (Fsp3) is 0.647. The van der Waals surface area contributed by atoms with Crippen LogP contribution in [0.15, 0.2) is 30.3 Å². The van der Waals surface area contributed by atoms with Gasteiger partial charge in [0, 0.05) is 32.2 Å². The molecule has 0 radical (unpaired) electrons. The highest BCUT2D eigenvalue weighted by atomic mass is 15.3. The number of benzene rings is 1. The molecule has 1 aromatic carbocycles. The monoisotopic (exact) mass is 260 g/mol. The first kappa shape index (κ1) is 14.5. The Morgan fingerprint density at radius 2 is 1.63 bits per heavy atom. The molecular weight excluding hydrogens is 232 g/mol. The maximum atomic E-state index is 2.63. The van der Waals surface area contributed by atoms with Crippen molar-refractivity contribution in [2.45, 2.75) is 39.2 Å². The predicted octanol–water partition coefficient (Wildman–Crippen LogP) is 3.04. The Labute approximate surface area is 118 Å². The van der Waals surface area contributed by atoms with Gasteiger partial charge in [0.25, 0.3) is 0 Å². The first-order valence-electron chi connectivity index (χ1n) is 7.76. The lowest BCUT2D eigenvalue weighted by atomic mass is 10.1. The highest BCUT2D eigenvalue weighted by molar-refractivity contribution is 5.14. The maximum Gasteiger partial charge on any atom is 0.0113 e. The molecule has 0 atom stereocenters. The van der Waals surface area contributed by atoms with Gasteiger partial charge >= 0.3 is 0 Å². The van der Waals surface area contributed by atoms with Crippen molar-refractivity contribution in [3.8, 4) is 0 Å². The molecule has 2 rings (SSSR count). The first-order chi connectivity index (χ1) is 9.25. The average Bonchev–Trinajstić information content (AvgIpc) is 2.45.